The van der Waals surface area contributed by atoms with Gasteiger partial charge in [0.15, 0.2) is 11.6 Å². The molecule has 1 amide bonds. The number of methoxy groups -OCH3 is 1. The van der Waals surface area contributed by atoms with Crippen LogP contribution in [0, 0.1) is 6.92 Å². The van der Waals surface area contributed by atoms with Gasteiger partial charge in [-0.1, -0.05) is 56.3 Å². The first kappa shape index (κ1) is 31.8. The molecule has 234 valence electrons. The van der Waals surface area contributed by atoms with Gasteiger partial charge < -0.3 is 24.3 Å². The van der Waals surface area contributed by atoms with Crippen molar-refractivity contribution in [3.8, 4) is 11.3 Å². The standard InChI is InChI=1S/C36H40N4O5/c1-24-27(21-32(41)25-9-13-28(14-10-25)36(2,3)23-44-5)7-6-8-30(24)31-22-39(4)35(43)33(38-31)37-29-15-11-26(12-16-29)34(42)40-17-19-45-20-18-40/h6-16,22H,17-21,23H2,1-5H3,(H,37,38). The van der Waals surface area contributed by atoms with Crippen LogP contribution in [0.4, 0.5) is 11.5 Å². The highest BCUT2D eigenvalue weighted by molar-refractivity contribution is 5.98. The maximum atomic E-state index is 13.3. The minimum atomic E-state index is -0.284. The summed E-state index contributed by atoms with van der Waals surface area (Å²) in [7, 11) is 3.37. The number of aryl methyl sites for hydroxylation is 1. The second-order valence-electron chi connectivity index (χ2n) is 12.1. The van der Waals surface area contributed by atoms with E-state index in [2.05, 4.69) is 24.1 Å². The Kier molecular flexibility index (Phi) is 9.60. The highest BCUT2D eigenvalue weighted by Gasteiger charge is 2.22. The highest BCUT2D eigenvalue weighted by atomic mass is 16.5. The molecule has 1 fully saturated rings. The number of ketones is 1. The molecule has 0 bridgehead atoms. The summed E-state index contributed by atoms with van der Waals surface area (Å²) in [6.07, 6.45) is 1.94. The van der Waals surface area contributed by atoms with E-state index in [4.69, 9.17) is 9.47 Å². The number of aromatic nitrogens is 2. The molecule has 0 radical (unpaired) electrons. The lowest BCUT2D eigenvalue weighted by Crippen LogP contribution is -2.40. The van der Waals surface area contributed by atoms with Crippen LogP contribution in [0.2, 0.25) is 0 Å². The summed E-state index contributed by atoms with van der Waals surface area (Å²) < 4.78 is 12.2. The number of rotatable bonds is 10. The molecular weight excluding hydrogens is 568 g/mol. The van der Waals surface area contributed by atoms with E-state index >= 15 is 0 Å². The lowest BCUT2D eigenvalue weighted by molar-refractivity contribution is 0.0303. The normalized spacial score (nSPS) is 13.5. The summed E-state index contributed by atoms with van der Waals surface area (Å²) in [6, 6.07) is 20.6. The van der Waals surface area contributed by atoms with Crippen molar-refractivity contribution in [1.82, 2.24) is 14.5 Å². The molecule has 0 aliphatic carbocycles. The Balaban J connectivity index is 1.34. The largest absolute Gasteiger partial charge is 0.384 e. The third-order valence-corrected chi connectivity index (χ3v) is 8.33. The summed E-state index contributed by atoms with van der Waals surface area (Å²) in [5, 5.41) is 3.13. The fourth-order valence-corrected chi connectivity index (χ4v) is 5.58. The molecule has 2 heterocycles. The number of hydrogen-bond acceptors (Lipinski definition) is 7. The minimum absolute atomic E-state index is 0.0256. The Bertz CT molecular complexity index is 1740. The number of ether oxygens (including phenoxy) is 2. The van der Waals surface area contributed by atoms with Gasteiger partial charge in [-0.3, -0.25) is 14.4 Å². The zero-order valence-corrected chi connectivity index (χ0v) is 26.6. The number of hydrogen-bond donors (Lipinski definition) is 1. The molecule has 1 aliphatic rings. The van der Waals surface area contributed by atoms with Crippen LogP contribution in [0.15, 0.2) is 77.7 Å². The van der Waals surface area contributed by atoms with Crippen LogP contribution in [0.1, 0.15) is 51.3 Å². The number of carbonyl (C=O) groups excluding carboxylic acids is 2. The van der Waals surface area contributed by atoms with Crippen LogP contribution in [0.25, 0.3) is 11.3 Å². The summed E-state index contributed by atoms with van der Waals surface area (Å²) in [6.45, 7) is 9.01. The van der Waals surface area contributed by atoms with Gasteiger partial charge in [-0.05, 0) is 47.9 Å². The number of nitrogens with one attached hydrogen (secondary N) is 1. The van der Waals surface area contributed by atoms with Gasteiger partial charge >= 0.3 is 0 Å². The lowest BCUT2D eigenvalue weighted by atomic mass is 9.84. The molecule has 1 aliphatic heterocycles. The van der Waals surface area contributed by atoms with Gasteiger partial charge in [0.2, 0.25) is 0 Å². The number of amides is 1. The van der Waals surface area contributed by atoms with Crippen molar-refractivity contribution in [3.05, 3.63) is 111 Å². The van der Waals surface area contributed by atoms with Gasteiger partial charge in [0, 0.05) is 67.7 Å². The Morgan fingerprint density at radius 1 is 0.978 bits per heavy atom. The zero-order chi connectivity index (χ0) is 32.1. The first-order valence-corrected chi connectivity index (χ1v) is 15.1. The molecule has 1 N–H and O–H groups in total. The third kappa shape index (κ3) is 7.21. The first-order valence-electron chi connectivity index (χ1n) is 15.1. The van der Waals surface area contributed by atoms with Crippen molar-refractivity contribution in [2.24, 2.45) is 7.05 Å². The molecular formula is C36H40N4O5. The fraction of sp³-hybridized carbons (Fsp3) is 0.333. The average molecular weight is 609 g/mol. The summed E-state index contributed by atoms with van der Waals surface area (Å²) in [5.41, 5.74) is 5.81. The first-order chi connectivity index (χ1) is 21.6. The van der Waals surface area contributed by atoms with Gasteiger partial charge in [0.05, 0.1) is 25.5 Å². The van der Waals surface area contributed by atoms with Crippen LogP contribution in [0.3, 0.4) is 0 Å². The van der Waals surface area contributed by atoms with Crippen molar-refractivity contribution in [3.63, 3.8) is 0 Å². The molecule has 4 aromatic rings. The molecule has 5 rings (SSSR count). The zero-order valence-electron chi connectivity index (χ0n) is 26.6. The van der Waals surface area contributed by atoms with Crippen molar-refractivity contribution in [2.45, 2.75) is 32.6 Å². The van der Waals surface area contributed by atoms with Crippen LogP contribution in [-0.4, -0.2) is 66.2 Å². The Morgan fingerprint density at radius 3 is 2.31 bits per heavy atom. The quantitative estimate of drug-likeness (QED) is 0.243. The maximum Gasteiger partial charge on any atom is 0.293 e. The van der Waals surface area contributed by atoms with E-state index in [-0.39, 0.29) is 34.9 Å². The van der Waals surface area contributed by atoms with E-state index in [1.807, 2.05) is 49.4 Å². The van der Waals surface area contributed by atoms with E-state index in [0.717, 1.165) is 22.3 Å². The van der Waals surface area contributed by atoms with Crippen LogP contribution in [0.5, 0.6) is 0 Å². The molecule has 3 aromatic carbocycles. The molecule has 0 spiro atoms. The number of morpholine rings is 1. The van der Waals surface area contributed by atoms with Gasteiger partial charge in [-0.2, -0.15) is 0 Å². The molecule has 0 unspecified atom stereocenters. The molecule has 0 saturated carbocycles. The summed E-state index contributed by atoms with van der Waals surface area (Å²) in [5.74, 6) is 0.148. The van der Waals surface area contributed by atoms with Crippen LogP contribution >= 0.6 is 0 Å². The predicted molar refractivity (Wildman–Crippen MR) is 175 cm³/mol. The second-order valence-corrected chi connectivity index (χ2v) is 12.1. The molecule has 1 aromatic heterocycles. The van der Waals surface area contributed by atoms with E-state index in [9.17, 15) is 14.4 Å². The van der Waals surface area contributed by atoms with Crippen molar-refractivity contribution in [1.29, 1.82) is 0 Å². The summed E-state index contributed by atoms with van der Waals surface area (Å²) in [4.78, 5) is 45.6. The molecule has 1 saturated heterocycles. The lowest BCUT2D eigenvalue weighted by Gasteiger charge is -2.26. The fourth-order valence-electron chi connectivity index (χ4n) is 5.58. The molecule has 9 heteroatoms. The van der Waals surface area contributed by atoms with E-state index in [1.54, 1.807) is 49.5 Å². The Morgan fingerprint density at radius 2 is 1.64 bits per heavy atom. The Hall–Kier alpha value is -4.60. The maximum absolute atomic E-state index is 13.3. The molecule has 9 nitrogen and oxygen atoms in total. The molecule has 45 heavy (non-hydrogen) atoms. The summed E-state index contributed by atoms with van der Waals surface area (Å²) >= 11 is 0. The second kappa shape index (κ2) is 13.6. The molecule has 0 atom stereocenters. The number of benzene rings is 3. The van der Waals surface area contributed by atoms with Gasteiger partial charge in [-0.25, -0.2) is 4.98 Å². The van der Waals surface area contributed by atoms with Gasteiger partial charge in [0.1, 0.15) is 0 Å². The monoisotopic (exact) mass is 608 g/mol. The predicted octanol–water partition coefficient (Wildman–Crippen LogP) is 5.32. The van der Waals surface area contributed by atoms with E-state index in [0.29, 0.717) is 55.4 Å². The topological polar surface area (TPSA) is 103 Å². The number of Topliss-reactive ketones (excluding diaryl/α,β-unsaturated/α-hetero) is 1. The van der Waals surface area contributed by atoms with Gasteiger partial charge in [-0.15, -0.1) is 0 Å². The van der Waals surface area contributed by atoms with Crippen LogP contribution < -0.4 is 10.9 Å². The van der Waals surface area contributed by atoms with E-state index < -0.39 is 0 Å². The van der Waals surface area contributed by atoms with Crippen molar-refractivity contribution >= 4 is 23.2 Å². The minimum Gasteiger partial charge on any atom is -0.384 e. The van der Waals surface area contributed by atoms with Gasteiger partial charge in [0.25, 0.3) is 11.5 Å². The van der Waals surface area contributed by atoms with E-state index in [1.165, 1.54) is 4.57 Å². The SMILES string of the molecule is COCC(C)(C)c1ccc(C(=O)Cc2cccc(-c3cn(C)c(=O)c(Nc4ccc(C(=O)N5CCOCC5)cc4)n3)c2C)cc1. The van der Waals surface area contributed by atoms with Crippen LogP contribution in [-0.2, 0) is 28.4 Å². The number of anilines is 2. The third-order valence-electron chi connectivity index (χ3n) is 8.33. The van der Waals surface area contributed by atoms with Crippen molar-refractivity contribution in [2.75, 3.05) is 45.3 Å². The van der Waals surface area contributed by atoms with Crippen molar-refractivity contribution < 1.29 is 19.1 Å². The average Bonchev–Trinajstić information content (AvgIpc) is 3.04. The smallest absolute Gasteiger partial charge is 0.293 e. The number of nitrogens with zero attached hydrogens (tertiary/aromatic N) is 3. The highest BCUT2D eigenvalue weighted by Crippen LogP contribution is 2.27. The Labute approximate surface area is 263 Å². The number of carbonyl (C=O) groups is 2.